The zero-order valence-electron chi connectivity index (χ0n) is 12.6. The summed E-state index contributed by atoms with van der Waals surface area (Å²) in [5.41, 5.74) is 2.26. The first-order valence-corrected chi connectivity index (χ1v) is 7.78. The fraction of sp³-hybridized carbons (Fsp3) is 0.471. The van der Waals surface area contributed by atoms with Crippen molar-refractivity contribution in [2.45, 2.75) is 26.3 Å². The van der Waals surface area contributed by atoms with Crippen molar-refractivity contribution in [1.29, 1.82) is 0 Å². The van der Waals surface area contributed by atoms with Crippen molar-refractivity contribution < 1.29 is 4.79 Å². The molecule has 1 aliphatic rings. The molecule has 1 fully saturated rings. The number of aryl methyl sites for hydroxylation is 1. The average Bonchev–Trinajstić information content (AvgIpc) is 3.08. The number of benzene rings is 1. The van der Waals surface area contributed by atoms with Gasteiger partial charge in [-0.05, 0) is 50.4 Å². The molecule has 1 saturated heterocycles. The van der Waals surface area contributed by atoms with Crippen molar-refractivity contribution in [2.24, 2.45) is 0 Å². The predicted molar refractivity (Wildman–Crippen MR) is 85.4 cm³/mol. The van der Waals surface area contributed by atoms with Gasteiger partial charge in [-0.15, -0.1) is 0 Å². The summed E-state index contributed by atoms with van der Waals surface area (Å²) in [5, 5.41) is 4.23. The van der Waals surface area contributed by atoms with E-state index < -0.39 is 0 Å². The van der Waals surface area contributed by atoms with Gasteiger partial charge in [0.2, 0.25) is 5.91 Å². The molecule has 1 aromatic carbocycles. The summed E-state index contributed by atoms with van der Waals surface area (Å²) in [7, 11) is 0. The van der Waals surface area contributed by atoms with Crippen molar-refractivity contribution in [2.75, 3.05) is 26.2 Å². The van der Waals surface area contributed by atoms with E-state index in [0.29, 0.717) is 6.54 Å². The molecule has 0 unspecified atom stereocenters. The third-order valence-corrected chi connectivity index (χ3v) is 4.27. The standard InChI is InChI=1S/C17H23N3O/c1-14-12-15-6-2-3-7-16(15)20(14)13-17(21)18-8-11-19-9-4-5-10-19/h2-3,6-7,12H,4-5,8-11,13H2,1H3,(H,18,21). The summed E-state index contributed by atoms with van der Waals surface area (Å²) in [6, 6.07) is 10.3. The minimum atomic E-state index is 0.0960. The molecule has 1 aromatic heterocycles. The van der Waals surface area contributed by atoms with Crippen LogP contribution in [-0.2, 0) is 11.3 Å². The summed E-state index contributed by atoms with van der Waals surface area (Å²) in [4.78, 5) is 14.5. The number of carbonyl (C=O) groups is 1. The third kappa shape index (κ3) is 3.27. The van der Waals surface area contributed by atoms with Gasteiger partial charge < -0.3 is 14.8 Å². The Hall–Kier alpha value is -1.81. The van der Waals surface area contributed by atoms with Crippen molar-refractivity contribution >= 4 is 16.8 Å². The van der Waals surface area contributed by atoms with Gasteiger partial charge in [0.15, 0.2) is 0 Å². The SMILES string of the molecule is Cc1cc2ccccc2n1CC(=O)NCCN1CCCC1. The largest absolute Gasteiger partial charge is 0.353 e. The minimum absolute atomic E-state index is 0.0960. The van der Waals surface area contributed by atoms with Crippen LogP contribution in [0.1, 0.15) is 18.5 Å². The summed E-state index contributed by atoms with van der Waals surface area (Å²) >= 11 is 0. The van der Waals surface area contributed by atoms with Gasteiger partial charge in [0.1, 0.15) is 6.54 Å². The molecule has 0 spiro atoms. The van der Waals surface area contributed by atoms with Crippen molar-refractivity contribution in [3.63, 3.8) is 0 Å². The highest BCUT2D eigenvalue weighted by atomic mass is 16.1. The Bertz CT molecular complexity index is 626. The number of fused-ring (bicyclic) bond motifs is 1. The number of para-hydroxylation sites is 1. The van der Waals surface area contributed by atoms with E-state index in [4.69, 9.17) is 0 Å². The summed E-state index contributed by atoms with van der Waals surface area (Å²) in [5.74, 6) is 0.0960. The van der Waals surface area contributed by atoms with Crippen LogP contribution in [0.15, 0.2) is 30.3 Å². The maximum absolute atomic E-state index is 12.1. The van der Waals surface area contributed by atoms with Crippen LogP contribution >= 0.6 is 0 Å². The topological polar surface area (TPSA) is 37.3 Å². The molecule has 2 heterocycles. The molecule has 21 heavy (non-hydrogen) atoms. The number of amides is 1. The Morgan fingerprint density at radius 3 is 2.81 bits per heavy atom. The van der Waals surface area contributed by atoms with E-state index in [-0.39, 0.29) is 5.91 Å². The first-order valence-electron chi connectivity index (χ1n) is 7.78. The molecule has 0 bridgehead atoms. The third-order valence-electron chi connectivity index (χ3n) is 4.27. The number of nitrogens with one attached hydrogen (secondary N) is 1. The lowest BCUT2D eigenvalue weighted by molar-refractivity contribution is -0.121. The number of nitrogens with zero attached hydrogens (tertiary/aromatic N) is 2. The molecular weight excluding hydrogens is 262 g/mol. The van der Waals surface area contributed by atoms with Crippen LogP contribution in [0.5, 0.6) is 0 Å². The molecule has 0 atom stereocenters. The van der Waals surface area contributed by atoms with Gasteiger partial charge in [-0.2, -0.15) is 0 Å². The second-order valence-electron chi connectivity index (χ2n) is 5.83. The molecule has 1 N–H and O–H groups in total. The second kappa shape index (κ2) is 6.31. The number of likely N-dealkylation sites (tertiary alicyclic amines) is 1. The van der Waals surface area contributed by atoms with Crippen molar-refractivity contribution in [1.82, 2.24) is 14.8 Å². The zero-order chi connectivity index (χ0) is 14.7. The van der Waals surface area contributed by atoms with Gasteiger partial charge in [0.05, 0.1) is 0 Å². The van der Waals surface area contributed by atoms with E-state index in [1.807, 2.05) is 12.1 Å². The minimum Gasteiger partial charge on any atom is -0.353 e. The van der Waals surface area contributed by atoms with Crippen molar-refractivity contribution in [3.05, 3.63) is 36.0 Å². The maximum Gasteiger partial charge on any atom is 0.239 e. The lowest BCUT2D eigenvalue weighted by atomic mass is 10.2. The fourth-order valence-electron chi connectivity index (χ4n) is 3.12. The normalized spacial score (nSPS) is 15.7. The highest BCUT2D eigenvalue weighted by molar-refractivity contribution is 5.84. The molecule has 112 valence electrons. The van der Waals surface area contributed by atoms with Gasteiger partial charge in [-0.25, -0.2) is 0 Å². The van der Waals surface area contributed by atoms with E-state index in [2.05, 4.69) is 39.9 Å². The van der Waals surface area contributed by atoms with Crippen LogP contribution in [-0.4, -0.2) is 41.6 Å². The number of rotatable bonds is 5. The van der Waals surface area contributed by atoms with Gasteiger partial charge in [0, 0.05) is 24.3 Å². The molecule has 1 aliphatic heterocycles. The van der Waals surface area contributed by atoms with E-state index in [1.165, 1.54) is 31.3 Å². The van der Waals surface area contributed by atoms with Crippen molar-refractivity contribution in [3.8, 4) is 0 Å². The van der Waals surface area contributed by atoms with Gasteiger partial charge in [-0.3, -0.25) is 4.79 Å². The van der Waals surface area contributed by atoms with Crippen LogP contribution in [0, 0.1) is 6.92 Å². The van der Waals surface area contributed by atoms with E-state index in [1.54, 1.807) is 0 Å². The van der Waals surface area contributed by atoms with Crippen LogP contribution < -0.4 is 5.32 Å². The molecule has 0 saturated carbocycles. The maximum atomic E-state index is 12.1. The Morgan fingerprint density at radius 1 is 1.24 bits per heavy atom. The first kappa shape index (κ1) is 14.1. The molecule has 1 amide bonds. The Labute approximate surface area is 125 Å². The van der Waals surface area contributed by atoms with Gasteiger partial charge >= 0.3 is 0 Å². The average molecular weight is 285 g/mol. The zero-order valence-corrected chi connectivity index (χ0v) is 12.6. The van der Waals surface area contributed by atoms with Crippen LogP contribution in [0.25, 0.3) is 10.9 Å². The summed E-state index contributed by atoms with van der Waals surface area (Å²) in [6.07, 6.45) is 2.59. The lowest BCUT2D eigenvalue weighted by Gasteiger charge is -2.15. The lowest BCUT2D eigenvalue weighted by Crippen LogP contribution is -2.35. The first-order chi connectivity index (χ1) is 10.2. The fourth-order valence-corrected chi connectivity index (χ4v) is 3.12. The summed E-state index contributed by atoms with van der Waals surface area (Å²) in [6.45, 7) is 6.53. The molecule has 0 aliphatic carbocycles. The van der Waals surface area contributed by atoms with Crippen LogP contribution in [0.2, 0.25) is 0 Å². The molecule has 4 heteroatoms. The van der Waals surface area contributed by atoms with Crippen LogP contribution in [0.4, 0.5) is 0 Å². The van der Waals surface area contributed by atoms with Gasteiger partial charge in [0.25, 0.3) is 0 Å². The van der Waals surface area contributed by atoms with E-state index in [9.17, 15) is 4.79 Å². The number of hydrogen-bond donors (Lipinski definition) is 1. The smallest absolute Gasteiger partial charge is 0.239 e. The number of hydrogen-bond acceptors (Lipinski definition) is 2. The molecule has 3 rings (SSSR count). The Balaban J connectivity index is 1.57. The van der Waals surface area contributed by atoms with Gasteiger partial charge in [-0.1, -0.05) is 18.2 Å². The molecule has 4 nitrogen and oxygen atoms in total. The number of aromatic nitrogens is 1. The van der Waals surface area contributed by atoms with Crippen LogP contribution in [0.3, 0.4) is 0 Å². The molecule has 0 radical (unpaired) electrons. The summed E-state index contributed by atoms with van der Waals surface area (Å²) < 4.78 is 2.08. The Morgan fingerprint density at radius 2 is 2.00 bits per heavy atom. The quantitative estimate of drug-likeness (QED) is 0.914. The highest BCUT2D eigenvalue weighted by Gasteiger charge is 2.12. The second-order valence-corrected chi connectivity index (χ2v) is 5.83. The number of carbonyl (C=O) groups excluding carboxylic acids is 1. The molecule has 2 aromatic rings. The monoisotopic (exact) mass is 285 g/mol. The predicted octanol–water partition coefficient (Wildman–Crippen LogP) is 2.16. The highest BCUT2D eigenvalue weighted by Crippen LogP contribution is 2.18. The molecular formula is C17H23N3O. The van der Waals surface area contributed by atoms with E-state index in [0.717, 1.165) is 24.3 Å². The van der Waals surface area contributed by atoms with E-state index >= 15 is 0 Å². The Kier molecular flexibility index (Phi) is 4.25.